The molecule has 1 saturated heterocycles. The van der Waals surface area contributed by atoms with Crippen LogP contribution < -0.4 is 22.1 Å². The van der Waals surface area contributed by atoms with E-state index in [1.807, 2.05) is 0 Å². The standard InChI is InChI=1S/C18H25N5O4/c1-22-14-6-5-13(10-15(14)27-18(22)26)21-17(25)20-7-3-9-23-8-2-4-12(11-23)16(19)24/h5-6,10,12H,2-4,7-9,11H2,1H3,(H2,19,24)(H2,20,21,25)/t12-/m0/s1. The van der Waals surface area contributed by atoms with Gasteiger partial charge >= 0.3 is 11.8 Å². The molecule has 2 heterocycles. The summed E-state index contributed by atoms with van der Waals surface area (Å²) in [7, 11) is 1.63. The molecule has 3 amide bonds. The average Bonchev–Trinajstić information content (AvgIpc) is 2.92. The first kappa shape index (κ1) is 19.0. The van der Waals surface area contributed by atoms with Crippen molar-refractivity contribution in [2.75, 3.05) is 31.5 Å². The number of benzene rings is 1. The van der Waals surface area contributed by atoms with Crippen LogP contribution in [0.4, 0.5) is 10.5 Å². The molecule has 0 unspecified atom stereocenters. The number of carbonyl (C=O) groups excluding carboxylic acids is 2. The first-order chi connectivity index (χ1) is 12.9. The first-order valence-corrected chi connectivity index (χ1v) is 9.10. The maximum Gasteiger partial charge on any atom is 0.419 e. The van der Waals surface area contributed by atoms with Crippen LogP contribution in [-0.4, -0.2) is 47.6 Å². The molecule has 2 aromatic rings. The normalized spacial score (nSPS) is 17.7. The van der Waals surface area contributed by atoms with Crippen LogP contribution in [0.25, 0.3) is 11.1 Å². The van der Waals surface area contributed by atoms with Crippen LogP contribution in [0, 0.1) is 5.92 Å². The lowest BCUT2D eigenvalue weighted by molar-refractivity contribution is -0.123. The summed E-state index contributed by atoms with van der Waals surface area (Å²) >= 11 is 0. The van der Waals surface area contributed by atoms with Gasteiger partial charge in [0.1, 0.15) is 0 Å². The van der Waals surface area contributed by atoms with Crippen LogP contribution in [-0.2, 0) is 11.8 Å². The summed E-state index contributed by atoms with van der Waals surface area (Å²) in [6, 6.07) is 4.74. The Bertz CT molecular complexity index is 887. The molecule has 0 spiro atoms. The summed E-state index contributed by atoms with van der Waals surface area (Å²) in [5.41, 5.74) is 7.03. The van der Waals surface area contributed by atoms with Crippen LogP contribution in [0.1, 0.15) is 19.3 Å². The Morgan fingerprint density at radius 1 is 1.37 bits per heavy atom. The molecule has 1 atom stereocenters. The number of hydrogen-bond acceptors (Lipinski definition) is 5. The zero-order valence-electron chi connectivity index (χ0n) is 15.4. The minimum absolute atomic E-state index is 0.0667. The van der Waals surface area contributed by atoms with E-state index in [2.05, 4.69) is 15.5 Å². The van der Waals surface area contributed by atoms with Gasteiger partial charge in [-0.2, -0.15) is 0 Å². The van der Waals surface area contributed by atoms with E-state index in [4.69, 9.17) is 10.2 Å². The van der Waals surface area contributed by atoms with Crippen molar-refractivity contribution in [3.05, 3.63) is 28.7 Å². The highest BCUT2D eigenvalue weighted by Gasteiger charge is 2.23. The third kappa shape index (κ3) is 4.68. The number of oxazole rings is 1. The molecule has 0 aliphatic carbocycles. The topological polar surface area (TPSA) is 123 Å². The van der Waals surface area contributed by atoms with Crippen molar-refractivity contribution < 1.29 is 14.0 Å². The Morgan fingerprint density at radius 3 is 2.96 bits per heavy atom. The second-order valence-electron chi connectivity index (χ2n) is 6.89. The highest BCUT2D eigenvalue weighted by molar-refractivity contribution is 5.91. The molecule has 0 radical (unpaired) electrons. The van der Waals surface area contributed by atoms with E-state index in [-0.39, 0.29) is 17.9 Å². The van der Waals surface area contributed by atoms with E-state index in [1.165, 1.54) is 4.57 Å². The number of nitrogens with two attached hydrogens (primary N) is 1. The summed E-state index contributed by atoms with van der Waals surface area (Å²) in [6.45, 7) is 2.99. The number of fused-ring (bicyclic) bond motifs is 1. The van der Waals surface area contributed by atoms with Crippen LogP contribution in [0.5, 0.6) is 0 Å². The number of hydrogen-bond donors (Lipinski definition) is 3. The number of nitrogens with one attached hydrogen (secondary N) is 2. The van der Waals surface area contributed by atoms with Crippen molar-refractivity contribution >= 4 is 28.7 Å². The molecule has 9 heteroatoms. The number of carbonyl (C=O) groups is 2. The molecule has 1 aliphatic rings. The SMILES string of the molecule is Cn1c(=O)oc2cc(NC(=O)NCCCN3CCC[C@H](C(N)=O)C3)ccc21. The van der Waals surface area contributed by atoms with Crippen molar-refractivity contribution in [1.82, 2.24) is 14.8 Å². The smallest absolute Gasteiger partial charge is 0.408 e. The number of aryl methyl sites for hydroxylation is 1. The van der Waals surface area contributed by atoms with Crippen LogP contribution in [0.2, 0.25) is 0 Å². The molecule has 1 aliphatic heterocycles. The van der Waals surface area contributed by atoms with Crippen molar-refractivity contribution in [2.45, 2.75) is 19.3 Å². The molecule has 1 aromatic carbocycles. The van der Waals surface area contributed by atoms with Gasteiger partial charge in [-0.15, -0.1) is 0 Å². The van der Waals surface area contributed by atoms with E-state index in [9.17, 15) is 14.4 Å². The van der Waals surface area contributed by atoms with E-state index in [0.29, 0.717) is 29.9 Å². The third-order valence-electron chi connectivity index (χ3n) is 4.89. The van der Waals surface area contributed by atoms with Crippen molar-refractivity contribution in [3.8, 4) is 0 Å². The molecule has 3 rings (SSSR count). The van der Waals surface area contributed by atoms with Gasteiger partial charge in [-0.3, -0.25) is 9.36 Å². The van der Waals surface area contributed by atoms with Gasteiger partial charge in [0.2, 0.25) is 5.91 Å². The zero-order chi connectivity index (χ0) is 19.4. The van der Waals surface area contributed by atoms with Gasteiger partial charge in [-0.25, -0.2) is 9.59 Å². The number of anilines is 1. The number of primary amides is 1. The van der Waals surface area contributed by atoms with Gasteiger partial charge in [0, 0.05) is 31.9 Å². The molecule has 27 heavy (non-hydrogen) atoms. The molecule has 9 nitrogen and oxygen atoms in total. The quantitative estimate of drug-likeness (QED) is 0.646. The Labute approximate surface area is 156 Å². The lowest BCUT2D eigenvalue weighted by atomic mass is 9.97. The van der Waals surface area contributed by atoms with Crippen LogP contribution >= 0.6 is 0 Å². The second-order valence-corrected chi connectivity index (χ2v) is 6.89. The summed E-state index contributed by atoms with van der Waals surface area (Å²) in [5.74, 6) is -0.741. The number of nitrogens with zero attached hydrogens (tertiary/aromatic N) is 2. The molecule has 0 bridgehead atoms. The monoisotopic (exact) mass is 375 g/mol. The predicted molar refractivity (Wildman–Crippen MR) is 101 cm³/mol. The first-order valence-electron chi connectivity index (χ1n) is 9.10. The zero-order valence-corrected chi connectivity index (χ0v) is 15.4. The van der Waals surface area contributed by atoms with Gasteiger partial charge < -0.3 is 25.7 Å². The number of urea groups is 1. The number of rotatable bonds is 6. The molecule has 0 saturated carbocycles. The van der Waals surface area contributed by atoms with E-state index in [1.54, 1.807) is 25.2 Å². The number of piperidine rings is 1. The van der Waals surface area contributed by atoms with Gasteiger partial charge in [0.15, 0.2) is 5.58 Å². The largest absolute Gasteiger partial charge is 0.419 e. The van der Waals surface area contributed by atoms with E-state index >= 15 is 0 Å². The minimum Gasteiger partial charge on any atom is -0.408 e. The Kier molecular flexibility index (Phi) is 5.80. The lowest BCUT2D eigenvalue weighted by Gasteiger charge is -2.31. The maximum absolute atomic E-state index is 12.0. The molecule has 146 valence electrons. The third-order valence-corrected chi connectivity index (χ3v) is 4.89. The summed E-state index contributed by atoms with van der Waals surface area (Å²) in [6.07, 6.45) is 2.61. The molecular formula is C18H25N5O4. The summed E-state index contributed by atoms with van der Waals surface area (Å²) in [5, 5.41) is 5.53. The minimum atomic E-state index is -0.442. The van der Waals surface area contributed by atoms with Gasteiger partial charge in [0.05, 0.1) is 11.4 Å². The summed E-state index contributed by atoms with van der Waals surface area (Å²) in [4.78, 5) is 37.0. The second kappa shape index (κ2) is 8.26. The van der Waals surface area contributed by atoms with Crippen molar-refractivity contribution in [1.29, 1.82) is 0 Å². The number of amides is 3. The fraction of sp³-hybridized carbons (Fsp3) is 0.500. The molecule has 1 fully saturated rings. The van der Waals surface area contributed by atoms with Gasteiger partial charge in [-0.1, -0.05) is 0 Å². The van der Waals surface area contributed by atoms with Crippen LogP contribution in [0.15, 0.2) is 27.4 Å². The van der Waals surface area contributed by atoms with Crippen molar-refractivity contribution in [2.24, 2.45) is 18.7 Å². The molecule has 4 N–H and O–H groups in total. The van der Waals surface area contributed by atoms with E-state index < -0.39 is 5.76 Å². The Hall–Kier alpha value is -2.81. The van der Waals surface area contributed by atoms with E-state index in [0.717, 1.165) is 32.4 Å². The molecular weight excluding hydrogens is 350 g/mol. The van der Waals surface area contributed by atoms with Gasteiger partial charge in [0.25, 0.3) is 0 Å². The van der Waals surface area contributed by atoms with Crippen molar-refractivity contribution in [3.63, 3.8) is 0 Å². The summed E-state index contributed by atoms with van der Waals surface area (Å²) < 4.78 is 6.51. The average molecular weight is 375 g/mol. The van der Waals surface area contributed by atoms with Crippen LogP contribution in [0.3, 0.4) is 0 Å². The number of aromatic nitrogens is 1. The Balaban J connectivity index is 1.42. The highest BCUT2D eigenvalue weighted by atomic mass is 16.4. The fourth-order valence-electron chi connectivity index (χ4n) is 3.38. The lowest BCUT2D eigenvalue weighted by Crippen LogP contribution is -2.42. The fourth-order valence-corrected chi connectivity index (χ4v) is 3.38. The molecule has 1 aromatic heterocycles. The Morgan fingerprint density at radius 2 is 2.19 bits per heavy atom. The highest BCUT2D eigenvalue weighted by Crippen LogP contribution is 2.18. The predicted octanol–water partition coefficient (Wildman–Crippen LogP) is 0.840. The number of likely N-dealkylation sites (tertiary alicyclic amines) is 1. The maximum atomic E-state index is 12.0. The van der Waals surface area contributed by atoms with Gasteiger partial charge in [-0.05, 0) is 44.5 Å².